The zero-order valence-corrected chi connectivity index (χ0v) is 15.8. The standard InChI is InChI=1S/C18H25N3O3S/c1-12(2)14(21-6-9-23-10-7-21)11-19-17(22)16-13(3)25-18(20-16)15-5-4-8-24-15/h4-5,8,12,14H,6-7,9-11H2,1-3H3,(H,19,22). The molecule has 0 saturated carbocycles. The van der Waals surface area contributed by atoms with Gasteiger partial charge in [-0.05, 0) is 25.0 Å². The predicted molar refractivity (Wildman–Crippen MR) is 97.9 cm³/mol. The van der Waals surface area contributed by atoms with Crippen LogP contribution in [0.4, 0.5) is 0 Å². The molecule has 1 atom stereocenters. The van der Waals surface area contributed by atoms with E-state index in [0.717, 1.165) is 36.2 Å². The fourth-order valence-corrected chi connectivity index (χ4v) is 3.97. The number of amides is 1. The van der Waals surface area contributed by atoms with E-state index < -0.39 is 0 Å². The van der Waals surface area contributed by atoms with Crippen LogP contribution in [-0.2, 0) is 4.74 Å². The van der Waals surface area contributed by atoms with E-state index in [9.17, 15) is 4.79 Å². The van der Waals surface area contributed by atoms with Gasteiger partial charge in [0.25, 0.3) is 5.91 Å². The Labute approximate surface area is 152 Å². The predicted octanol–water partition coefficient (Wildman–Crippen LogP) is 2.80. The van der Waals surface area contributed by atoms with Crippen molar-refractivity contribution >= 4 is 17.2 Å². The molecule has 1 saturated heterocycles. The molecule has 1 unspecified atom stereocenters. The van der Waals surface area contributed by atoms with Crippen LogP contribution in [0.15, 0.2) is 22.8 Å². The normalized spacial score (nSPS) is 17.0. The molecule has 1 fully saturated rings. The summed E-state index contributed by atoms with van der Waals surface area (Å²) in [6.07, 6.45) is 1.61. The van der Waals surface area contributed by atoms with Crippen LogP contribution >= 0.6 is 11.3 Å². The topological polar surface area (TPSA) is 67.6 Å². The van der Waals surface area contributed by atoms with E-state index in [2.05, 4.69) is 29.0 Å². The molecule has 1 aliphatic rings. The molecule has 2 aromatic heterocycles. The van der Waals surface area contributed by atoms with Gasteiger partial charge in [0.15, 0.2) is 10.8 Å². The average molecular weight is 363 g/mol. The Balaban J connectivity index is 1.65. The van der Waals surface area contributed by atoms with Crippen molar-refractivity contribution in [2.45, 2.75) is 26.8 Å². The summed E-state index contributed by atoms with van der Waals surface area (Å²) in [7, 11) is 0. The van der Waals surface area contributed by atoms with Crippen LogP contribution in [0.2, 0.25) is 0 Å². The molecular formula is C18H25N3O3S. The van der Waals surface area contributed by atoms with Gasteiger partial charge in [-0.3, -0.25) is 9.69 Å². The molecule has 3 heterocycles. The summed E-state index contributed by atoms with van der Waals surface area (Å²) in [5, 5.41) is 3.81. The molecule has 1 aliphatic heterocycles. The van der Waals surface area contributed by atoms with Crippen LogP contribution in [0.25, 0.3) is 10.8 Å². The van der Waals surface area contributed by atoms with Gasteiger partial charge in [0.1, 0.15) is 5.69 Å². The van der Waals surface area contributed by atoms with Crippen LogP contribution in [-0.4, -0.2) is 54.7 Å². The summed E-state index contributed by atoms with van der Waals surface area (Å²) in [4.78, 5) is 20.4. The Morgan fingerprint density at radius 2 is 2.16 bits per heavy atom. The molecule has 3 rings (SSSR count). The number of furan rings is 1. The maximum atomic E-state index is 12.6. The SMILES string of the molecule is Cc1sc(-c2ccco2)nc1C(=O)NCC(C(C)C)N1CCOCC1. The molecule has 6 nitrogen and oxygen atoms in total. The van der Waals surface area contributed by atoms with Crippen molar-refractivity contribution in [3.8, 4) is 10.8 Å². The maximum Gasteiger partial charge on any atom is 0.271 e. The first-order valence-corrected chi connectivity index (χ1v) is 9.49. The smallest absolute Gasteiger partial charge is 0.271 e. The highest BCUT2D eigenvalue weighted by Crippen LogP contribution is 2.27. The number of aromatic nitrogens is 1. The number of nitrogens with one attached hydrogen (secondary N) is 1. The van der Waals surface area contributed by atoms with Gasteiger partial charge in [-0.25, -0.2) is 4.98 Å². The summed E-state index contributed by atoms with van der Waals surface area (Å²) < 4.78 is 10.8. The van der Waals surface area contributed by atoms with Gasteiger partial charge in [0.2, 0.25) is 0 Å². The van der Waals surface area contributed by atoms with Gasteiger partial charge < -0.3 is 14.5 Å². The minimum Gasteiger partial charge on any atom is -0.462 e. The van der Waals surface area contributed by atoms with Gasteiger partial charge in [0, 0.05) is 30.6 Å². The van der Waals surface area contributed by atoms with Crippen molar-refractivity contribution in [1.29, 1.82) is 0 Å². The molecule has 0 radical (unpaired) electrons. The molecular weight excluding hydrogens is 338 g/mol. The van der Waals surface area contributed by atoms with Gasteiger partial charge >= 0.3 is 0 Å². The minimum absolute atomic E-state index is 0.120. The van der Waals surface area contributed by atoms with E-state index in [1.807, 2.05) is 19.1 Å². The largest absolute Gasteiger partial charge is 0.462 e. The molecule has 2 aromatic rings. The Hall–Kier alpha value is -1.70. The van der Waals surface area contributed by atoms with Crippen molar-refractivity contribution in [2.75, 3.05) is 32.8 Å². The number of carbonyl (C=O) groups excluding carboxylic acids is 1. The summed E-state index contributed by atoms with van der Waals surface area (Å²) in [6, 6.07) is 3.98. The number of nitrogens with zero attached hydrogens (tertiary/aromatic N) is 2. The summed E-state index contributed by atoms with van der Waals surface area (Å²) in [6.45, 7) is 10.3. The van der Waals surface area contributed by atoms with Crippen LogP contribution in [0.5, 0.6) is 0 Å². The van der Waals surface area contributed by atoms with Gasteiger partial charge in [-0.1, -0.05) is 13.8 Å². The van der Waals surface area contributed by atoms with Crippen LogP contribution in [0, 0.1) is 12.8 Å². The monoisotopic (exact) mass is 363 g/mol. The van der Waals surface area contributed by atoms with E-state index in [1.54, 1.807) is 6.26 Å². The molecule has 136 valence electrons. The molecule has 0 bridgehead atoms. The van der Waals surface area contributed by atoms with Crippen molar-refractivity contribution in [3.63, 3.8) is 0 Å². The first kappa shape index (κ1) is 18.1. The maximum absolute atomic E-state index is 12.6. The van der Waals surface area contributed by atoms with Crippen LogP contribution in [0.3, 0.4) is 0 Å². The Kier molecular flexibility index (Phi) is 5.88. The zero-order valence-electron chi connectivity index (χ0n) is 14.9. The highest BCUT2D eigenvalue weighted by atomic mass is 32.1. The lowest BCUT2D eigenvalue weighted by Gasteiger charge is -2.36. The van der Waals surface area contributed by atoms with E-state index >= 15 is 0 Å². The number of rotatable bonds is 6. The number of aryl methyl sites for hydroxylation is 1. The summed E-state index contributed by atoms with van der Waals surface area (Å²) in [5.74, 6) is 1.03. The fourth-order valence-electron chi connectivity index (χ4n) is 3.09. The number of hydrogen-bond acceptors (Lipinski definition) is 6. The Bertz CT molecular complexity index is 690. The van der Waals surface area contributed by atoms with Crippen LogP contribution < -0.4 is 5.32 Å². The molecule has 0 aromatic carbocycles. The Morgan fingerprint density at radius 1 is 1.40 bits per heavy atom. The second-order valence-electron chi connectivity index (χ2n) is 6.57. The molecule has 7 heteroatoms. The van der Waals surface area contributed by atoms with Crippen molar-refractivity contribution in [1.82, 2.24) is 15.2 Å². The quantitative estimate of drug-likeness (QED) is 0.855. The first-order chi connectivity index (χ1) is 12.1. The van der Waals surface area contributed by atoms with E-state index in [0.29, 0.717) is 30.0 Å². The lowest BCUT2D eigenvalue weighted by atomic mass is 10.0. The molecule has 0 spiro atoms. The zero-order chi connectivity index (χ0) is 17.8. The lowest BCUT2D eigenvalue weighted by molar-refractivity contribution is 0.00671. The second kappa shape index (κ2) is 8.12. The van der Waals surface area contributed by atoms with Gasteiger partial charge in [0.05, 0.1) is 19.5 Å². The average Bonchev–Trinajstić information content (AvgIpc) is 3.25. The number of carbonyl (C=O) groups is 1. The highest BCUT2D eigenvalue weighted by molar-refractivity contribution is 7.15. The van der Waals surface area contributed by atoms with Crippen LogP contribution in [0.1, 0.15) is 29.2 Å². The second-order valence-corrected chi connectivity index (χ2v) is 7.77. The summed E-state index contributed by atoms with van der Waals surface area (Å²) >= 11 is 1.48. The molecule has 0 aliphatic carbocycles. The number of thiazole rings is 1. The van der Waals surface area contributed by atoms with Crippen molar-refractivity contribution in [2.24, 2.45) is 5.92 Å². The third kappa shape index (κ3) is 4.29. The highest BCUT2D eigenvalue weighted by Gasteiger charge is 2.25. The van der Waals surface area contributed by atoms with E-state index in [-0.39, 0.29) is 5.91 Å². The van der Waals surface area contributed by atoms with E-state index in [1.165, 1.54) is 11.3 Å². The molecule has 25 heavy (non-hydrogen) atoms. The van der Waals surface area contributed by atoms with Gasteiger partial charge in [-0.15, -0.1) is 11.3 Å². The molecule has 1 N–H and O–H groups in total. The minimum atomic E-state index is -0.120. The third-order valence-corrected chi connectivity index (χ3v) is 5.48. The fraction of sp³-hybridized carbons (Fsp3) is 0.556. The molecule has 1 amide bonds. The number of hydrogen-bond donors (Lipinski definition) is 1. The number of ether oxygens (including phenoxy) is 1. The summed E-state index contributed by atoms with van der Waals surface area (Å²) in [5.41, 5.74) is 0.487. The lowest BCUT2D eigenvalue weighted by Crippen LogP contribution is -2.51. The number of morpholine rings is 1. The van der Waals surface area contributed by atoms with Crippen molar-refractivity contribution < 1.29 is 13.9 Å². The van der Waals surface area contributed by atoms with Crippen molar-refractivity contribution in [3.05, 3.63) is 29.0 Å². The first-order valence-electron chi connectivity index (χ1n) is 8.67. The van der Waals surface area contributed by atoms with Gasteiger partial charge in [-0.2, -0.15) is 0 Å². The van der Waals surface area contributed by atoms with E-state index in [4.69, 9.17) is 9.15 Å². The Morgan fingerprint density at radius 3 is 2.80 bits per heavy atom. The third-order valence-electron chi connectivity index (χ3n) is 4.50.